The molecule has 2 bridgehead atoms. The lowest BCUT2D eigenvalue weighted by Crippen LogP contribution is -2.81. The van der Waals surface area contributed by atoms with Crippen LogP contribution in [0.4, 0.5) is 23.7 Å². The fraction of sp³-hybridized carbons (Fsp3) is 0.475. The minimum atomic E-state index is -4.96. The molecule has 24 heteroatoms. The van der Waals surface area contributed by atoms with Gasteiger partial charge in [0.15, 0.2) is 24.1 Å². The quantitative estimate of drug-likeness (QED) is 0.0494. The Morgan fingerprint density at radius 3 is 2.17 bits per heavy atom. The largest absolute Gasteiger partial charge is 0.456 e. The molecular weight excluding hydrogens is 1090 g/mol. The number of urea groups is 1. The maximum Gasteiger partial charge on any atom is 0.417 e. The van der Waals surface area contributed by atoms with Gasteiger partial charge in [-0.05, 0) is 74.7 Å². The van der Waals surface area contributed by atoms with E-state index in [0.717, 1.165) is 24.0 Å². The highest BCUT2D eigenvalue weighted by atomic mass is 19.4. The van der Waals surface area contributed by atoms with Crippen molar-refractivity contribution in [1.29, 1.82) is 5.26 Å². The van der Waals surface area contributed by atoms with Crippen LogP contribution in [0.5, 0.6) is 0 Å². The van der Waals surface area contributed by atoms with Crippen molar-refractivity contribution in [3.8, 4) is 17.9 Å². The Morgan fingerprint density at radius 1 is 0.916 bits per heavy atom. The number of ketones is 1. The van der Waals surface area contributed by atoms with Gasteiger partial charge in [-0.15, -0.1) is 0 Å². The van der Waals surface area contributed by atoms with Gasteiger partial charge in [-0.2, -0.15) is 18.4 Å². The lowest BCUT2D eigenvalue weighted by molar-refractivity contribution is -0.346. The van der Waals surface area contributed by atoms with Gasteiger partial charge in [0.25, 0.3) is 5.91 Å². The summed E-state index contributed by atoms with van der Waals surface area (Å²) < 4.78 is 70.4. The lowest BCUT2D eigenvalue weighted by atomic mass is 9.44. The molecule has 2 saturated heterocycles. The van der Waals surface area contributed by atoms with Crippen LogP contribution >= 0.6 is 0 Å². The number of ether oxygens (including phenoxy) is 5. The number of hydrogen-bond acceptors (Lipinski definition) is 18. The third-order valence-electron chi connectivity index (χ3n) is 16.9. The van der Waals surface area contributed by atoms with Crippen LogP contribution in [0.2, 0.25) is 0 Å². The number of halogens is 3. The Labute approximate surface area is 474 Å². The van der Waals surface area contributed by atoms with Crippen molar-refractivity contribution < 1.29 is 95.6 Å². The molecule has 21 nitrogen and oxygen atoms in total. The van der Waals surface area contributed by atoms with Crippen LogP contribution in [0.25, 0.3) is 0 Å². The highest BCUT2D eigenvalue weighted by molar-refractivity contribution is 6.23. The number of aliphatic hydroxyl groups is 4. The second-order valence-electron chi connectivity index (χ2n) is 22.4. The Bertz CT molecular complexity index is 3280. The van der Waals surface area contributed by atoms with Crippen molar-refractivity contribution in [2.24, 2.45) is 16.7 Å². The smallest absolute Gasteiger partial charge is 0.417 e. The predicted octanol–water partition coefficient (Wildman–Crippen LogP) is 4.32. The monoisotopic (exact) mass is 1150 g/mol. The standard InChI is InChI=1S/C59H61F3N4O17/c1-31-38(28-58(78)49(82-50(74)34-18-12-9-13-19-34)47-56(7,48(73)45(71)43(31)54(58,3)4)39(68)27-40-57(47,30-80-40)83-32(2)67)81-51(75)46(72)44(33-16-10-8-11-17-33)64-41(69)22-23-42(70)79-25-15-14-24-65-53(77)66(52(76)55(65,5)6)36-21-20-35(29-63)37(26-36)59(60,61)62/h8-13,16-21,26,38-40,44-47,49,68,71-72,78H,22-25,27-28,30H2,1-7H3,(H,64,69)/t38-,39-,40?,44-,45+,46+,47-,49-,56+,57-,58+/m0/s1. The van der Waals surface area contributed by atoms with Crippen molar-refractivity contribution in [1.82, 2.24) is 10.2 Å². The molecule has 3 aliphatic carbocycles. The third kappa shape index (κ3) is 10.7. The number of alkyl halides is 3. The summed E-state index contributed by atoms with van der Waals surface area (Å²) in [6.07, 6.45) is -17.5. The van der Waals surface area contributed by atoms with E-state index in [0.29, 0.717) is 11.0 Å². The van der Waals surface area contributed by atoms with Crippen molar-refractivity contribution in [2.75, 3.05) is 24.7 Å². The first kappa shape index (κ1) is 61.1. The molecule has 5 aliphatic rings. The second-order valence-corrected chi connectivity index (χ2v) is 22.4. The number of esters is 4. The number of nitrogens with one attached hydrogen (secondary N) is 1. The molecule has 0 spiro atoms. The number of anilines is 1. The molecule has 1 unspecified atom stereocenters. The van der Waals surface area contributed by atoms with Gasteiger partial charge < -0.3 is 49.4 Å². The Kier molecular flexibility index (Phi) is 16.7. The number of hydrogen-bond donors (Lipinski definition) is 5. The molecule has 4 amide bonds. The van der Waals surface area contributed by atoms with Gasteiger partial charge in [-0.25, -0.2) is 19.3 Å². The number of carbonyl (C=O) groups is 8. The molecule has 2 aliphatic heterocycles. The number of carbonyl (C=O) groups excluding carboxylic acids is 8. The van der Waals surface area contributed by atoms with Crippen LogP contribution in [0.3, 0.4) is 0 Å². The number of rotatable bonds is 14. The van der Waals surface area contributed by atoms with E-state index in [9.17, 15) is 72.4 Å². The van der Waals surface area contributed by atoms with E-state index >= 15 is 4.79 Å². The van der Waals surface area contributed by atoms with E-state index in [4.69, 9.17) is 23.7 Å². The minimum Gasteiger partial charge on any atom is -0.456 e. The summed E-state index contributed by atoms with van der Waals surface area (Å²) in [5.74, 6) is -3.36. The van der Waals surface area contributed by atoms with Crippen molar-refractivity contribution in [3.05, 3.63) is 112 Å². The summed E-state index contributed by atoms with van der Waals surface area (Å²) >= 11 is 0. The number of nitriles is 1. The molecule has 2 heterocycles. The Morgan fingerprint density at radius 2 is 1.57 bits per heavy atom. The number of benzene rings is 3. The van der Waals surface area contributed by atoms with Crippen molar-refractivity contribution in [2.45, 2.75) is 140 Å². The summed E-state index contributed by atoms with van der Waals surface area (Å²) in [6, 6.07) is 16.6. The zero-order valence-corrected chi connectivity index (χ0v) is 46.1. The zero-order valence-electron chi connectivity index (χ0n) is 46.1. The number of amides is 4. The number of Topliss-reactive ketones (excluding diaryl/α,β-unsaturated/α-hetero) is 1. The molecule has 2 saturated carbocycles. The number of fused-ring (bicyclic) bond motifs is 5. The van der Waals surface area contributed by atoms with E-state index in [1.807, 2.05) is 0 Å². The van der Waals surface area contributed by atoms with Gasteiger partial charge in [0.2, 0.25) is 5.91 Å². The molecule has 3 aromatic carbocycles. The summed E-state index contributed by atoms with van der Waals surface area (Å²) in [5.41, 5.74) is -12.1. The molecule has 4 fully saturated rings. The van der Waals surface area contributed by atoms with E-state index in [1.165, 1.54) is 71.9 Å². The van der Waals surface area contributed by atoms with Gasteiger partial charge in [0.05, 0.1) is 71.5 Å². The predicted molar refractivity (Wildman–Crippen MR) is 280 cm³/mol. The molecule has 11 atom stereocenters. The maximum absolute atomic E-state index is 15.1. The molecule has 0 aromatic heterocycles. The minimum absolute atomic E-state index is 0.0162. The fourth-order valence-corrected chi connectivity index (χ4v) is 12.3. The Hall–Kier alpha value is -8.00. The van der Waals surface area contributed by atoms with Crippen LogP contribution in [-0.4, -0.2) is 146 Å². The normalized spacial score (nSPS) is 28.5. The SMILES string of the molecule is CC(=O)O[C@@]12COC1C[C@H](O)[C@@]1(C)C(=O)[C@H](O)C3=C(C)[C@@H](OC(=O)[C@H](O)[C@@H](NC(=O)CCC(=O)OCC#CCN4C(=O)N(c5ccc(C#N)c(C(F)(F)F)c5)C(=O)C4(C)C)c4ccccc4)C[C@@](O)([C@@H](OC(=O)c4ccccc4)[C@@H]12)C3(C)C. The van der Waals surface area contributed by atoms with Crippen molar-refractivity contribution >= 4 is 53.2 Å². The van der Waals surface area contributed by atoms with Gasteiger partial charge in [-0.1, -0.05) is 74.2 Å². The average molecular weight is 1160 g/mol. The topological polar surface area (TPSA) is 306 Å². The first-order chi connectivity index (χ1) is 38.9. The zero-order chi connectivity index (χ0) is 60.9. The molecule has 83 heavy (non-hydrogen) atoms. The maximum atomic E-state index is 15.1. The van der Waals surface area contributed by atoms with Gasteiger partial charge in [0, 0.05) is 31.6 Å². The summed E-state index contributed by atoms with van der Waals surface area (Å²) in [6.45, 7) is 8.22. The highest BCUT2D eigenvalue weighted by Crippen LogP contribution is 2.64. The van der Waals surface area contributed by atoms with Gasteiger partial charge in [-0.3, -0.25) is 28.9 Å². The van der Waals surface area contributed by atoms with Crippen LogP contribution in [-0.2, 0) is 58.6 Å². The molecular formula is C59H61F3N4O17. The van der Waals surface area contributed by atoms with E-state index in [1.54, 1.807) is 36.4 Å². The number of imide groups is 1. The molecule has 440 valence electrons. The van der Waals surface area contributed by atoms with Crippen LogP contribution in [0, 0.1) is 39.9 Å². The molecule has 3 aromatic rings. The van der Waals surface area contributed by atoms with Crippen LogP contribution in [0.15, 0.2) is 90.0 Å². The van der Waals surface area contributed by atoms with Crippen molar-refractivity contribution in [3.63, 3.8) is 0 Å². The molecule has 8 rings (SSSR count). The van der Waals surface area contributed by atoms with E-state index in [2.05, 4.69) is 17.2 Å². The van der Waals surface area contributed by atoms with E-state index in [-0.39, 0.29) is 35.3 Å². The van der Waals surface area contributed by atoms with Crippen LogP contribution < -0.4 is 10.2 Å². The number of aliphatic hydroxyl groups excluding tert-OH is 3. The summed E-state index contributed by atoms with van der Waals surface area (Å²) in [5, 5.41) is 61.4. The van der Waals surface area contributed by atoms with E-state index < -0.39 is 179 Å². The Balaban J connectivity index is 0.979. The lowest BCUT2D eigenvalue weighted by Gasteiger charge is -2.67. The molecule has 0 radical (unpaired) electrons. The molecule has 5 N–H and O–H groups in total. The number of nitrogens with zero attached hydrogens (tertiary/aromatic N) is 3. The first-order valence-electron chi connectivity index (χ1n) is 26.4. The van der Waals surface area contributed by atoms with Crippen LogP contribution in [0.1, 0.15) is 107 Å². The first-order valence-corrected chi connectivity index (χ1v) is 26.4. The summed E-state index contributed by atoms with van der Waals surface area (Å²) in [7, 11) is 0. The fourth-order valence-electron chi connectivity index (χ4n) is 12.3. The second kappa shape index (κ2) is 22.6. The highest BCUT2D eigenvalue weighted by Gasteiger charge is 2.78. The third-order valence-corrected chi connectivity index (χ3v) is 16.9. The average Bonchev–Trinajstić information content (AvgIpc) is 1.22. The summed E-state index contributed by atoms with van der Waals surface area (Å²) in [4.78, 5) is 111. The van der Waals surface area contributed by atoms with Gasteiger partial charge in [0.1, 0.15) is 35.6 Å². The van der Waals surface area contributed by atoms with Gasteiger partial charge >= 0.3 is 36.1 Å².